The van der Waals surface area contributed by atoms with Crippen molar-refractivity contribution in [3.8, 4) is 0 Å². The summed E-state index contributed by atoms with van der Waals surface area (Å²) in [6.07, 6.45) is 3.96. The highest BCUT2D eigenvalue weighted by molar-refractivity contribution is 5.15. The number of aryl methyl sites for hydroxylation is 3. The highest BCUT2D eigenvalue weighted by Crippen LogP contribution is 2.12. The Labute approximate surface area is 127 Å². The first-order chi connectivity index (χ1) is 10.3. The van der Waals surface area contributed by atoms with Crippen molar-refractivity contribution in [1.29, 1.82) is 0 Å². The summed E-state index contributed by atoms with van der Waals surface area (Å²) in [5.41, 5.74) is 6.74. The molecule has 0 bridgehead atoms. The number of nitrogens with two attached hydrogens (primary N) is 1. The molecule has 3 N–H and O–H groups in total. The van der Waals surface area contributed by atoms with Gasteiger partial charge in [-0.25, -0.2) is 0 Å². The molecule has 114 valence electrons. The monoisotopic (exact) mass is 286 g/mol. The van der Waals surface area contributed by atoms with E-state index in [0.717, 1.165) is 37.9 Å². The third-order valence-corrected chi connectivity index (χ3v) is 3.89. The van der Waals surface area contributed by atoms with Crippen LogP contribution < -0.4 is 11.3 Å². The van der Waals surface area contributed by atoms with Crippen LogP contribution in [-0.2, 0) is 25.8 Å². The molecule has 1 aromatic heterocycles. The average molecular weight is 286 g/mol. The van der Waals surface area contributed by atoms with Gasteiger partial charge in [0, 0.05) is 24.7 Å². The average Bonchev–Trinajstić information content (AvgIpc) is 2.94. The van der Waals surface area contributed by atoms with Crippen LogP contribution in [0.4, 0.5) is 0 Å². The van der Waals surface area contributed by atoms with Gasteiger partial charge in [0.05, 0.1) is 5.69 Å². The molecule has 1 unspecified atom stereocenters. The molecular weight excluding hydrogens is 260 g/mol. The van der Waals surface area contributed by atoms with Gasteiger partial charge in [0.1, 0.15) is 0 Å². The zero-order chi connectivity index (χ0) is 15.1. The SMILES string of the molecule is CCc1cc(CC(CCc2ccccc2)NN)n(CC)n1. The van der Waals surface area contributed by atoms with Crippen molar-refractivity contribution in [2.75, 3.05) is 0 Å². The topological polar surface area (TPSA) is 55.9 Å². The van der Waals surface area contributed by atoms with Crippen molar-refractivity contribution < 1.29 is 0 Å². The molecule has 2 aromatic rings. The highest BCUT2D eigenvalue weighted by Gasteiger charge is 2.13. The molecule has 0 radical (unpaired) electrons. The van der Waals surface area contributed by atoms with Crippen LogP contribution in [0.25, 0.3) is 0 Å². The summed E-state index contributed by atoms with van der Waals surface area (Å²) in [7, 11) is 0. The van der Waals surface area contributed by atoms with Crippen molar-refractivity contribution in [3.63, 3.8) is 0 Å². The fourth-order valence-electron chi connectivity index (χ4n) is 2.61. The Bertz CT molecular complexity index is 533. The second-order valence-electron chi connectivity index (χ2n) is 5.39. The van der Waals surface area contributed by atoms with E-state index in [4.69, 9.17) is 5.84 Å². The lowest BCUT2D eigenvalue weighted by molar-refractivity contribution is 0.471. The maximum Gasteiger partial charge on any atom is 0.0624 e. The Morgan fingerprint density at radius 1 is 1.24 bits per heavy atom. The predicted octanol–water partition coefficient (Wildman–Crippen LogP) is 2.47. The molecule has 4 heteroatoms. The number of aromatic nitrogens is 2. The van der Waals surface area contributed by atoms with Crippen LogP contribution in [0.5, 0.6) is 0 Å². The lowest BCUT2D eigenvalue weighted by atomic mass is 10.0. The summed E-state index contributed by atoms with van der Waals surface area (Å²) < 4.78 is 2.09. The van der Waals surface area contributed by atoms with Crippen LogP contribution in [0, 0.1) is 0 Å². The Hall–Kier alpha value is -1.65. The van der Waals surface area contributed by atoms with E-state index in [1.165, 1.54) is 11.3 Å². The zero-order valence-electron chi connectivity index (χ0n) is 13.0. The van der Waals surface area contributed by atoms with E-state index in [2.05, 4.69) is 59.4 Å². The quantitative estimate of drug-likeness (QED) is 0.579. The molecule has 0 saturated heterocycles. The number of nitrogens with zero attached hydrogens (tertiary/aromatic N) is 2. The summed E-state index contributed by atoms with van der Waals surface area (Å²) in [6, 6.07) is 13.0. The molecule has 1 aromatic carbocycles. The third kappa shape index (κ3) is 4.41. The van der Waals surface area contributed by atoms with Crippen LogP contribution >= 0.6 is 0 Å². The summed E-state index contributed by atoms with van der Waals surface area (Å²) in [5.74, 6) is 5.74. The van der Waals surface area contributed by atoms with Gasteiger partial charge in [0.2, 0.25) is 0 Å². The highest BCUT2D eigenvalue weighted by atomic mass is 15.3. The van der Waals surface area contributed by atoms with Gasteiger partial charge >= 0.3 is 0 Å². The molecular formula is C17H26N4. The van der Waals surface area contributed by atoms with E-state index in [9.17, 15) is 0 Å². The fourth-order valence-corrected chi connectivity index (χ4v) is 2.61. The van der Waals surface area contributed by atoms with Crippen molar-refractivity contribution in [2.24, 2.45) is 5.84 Å². The molecule has 0 fully saturated rings. The van der Waals surface area contributed by atoms with Gasteiger partial charge in [0.25, 0.3) is 0 Å². The van der Waals surface area contributed by atoms with Gasteiger partial charge in [-0.3, -0.25) is 16.0 Å². The van der Waals surface area contributed by atoms with Crippen LogP contribution in [0.15, 0.2) is 36.4 Å². The Morgan fingerprint density at radius 2 is 2.00 bits per heavy atom. The van der Waals surface area contributed by atoms with E-state index >= 15 is 0 Å². The van der Waals surface area contributed by atoms with E-state index < -0.39 is 0 Å². The Balaban J connectivity index is 1.97. The first-order valence-electron chi connectivity index (χ1n) is 7.82. The first kappa shape index (κ1) is 15.7. The zero-order valence-corrected chi connectivity index (χ0v) is 13.0. The molecule has 0 saturated carbocycles. The van der Waals surface area contributed by atoms with Crippen LogP contribution in [0.1, 0.15) is 37.2 Å². The van der Waals surface area contributed by atoms with Crippen molar-refractivity contribution in [2.45, 2.75) is 52.1 Å². The van der Waals surface area contributed by atoms with Crippen molar-refractivity contribution >= 4 is 0 Å². The van der Waals surface area contributed by atoms with Crippen molar-refractivity contribution in [3.05, 3.63) is 53.3 Å². The van der Waals surface area contributed by atoms with E-state index in [1.807, 2.05) is 6.07 Å². The molecule has 0 spiro atoms. The minimum Gasteiger partial charge on any atom is -0.271 e. The number of hydrogen-bond donors (Lipinski definition) is 2. The maximum absolute atomic E-state index is 5.74. The summed E-state index contributed by atoms with van der Waals surface area (Å²) >= 11 is 0. The van der Waals surface area contributed by atoms with Crippen LogP contribution in [0.2, 0.25) is 0 Å². The first-order valence-corrected chi connectivity index (χ1v) is 7.82. The minimum absolute atomic E-state index is 0.275. The standard InChI is InChI=1S/C17H26N4/c1-3-15-12-17(21(4-2)20-15)13-16(19-18)11-10-14-8-6-5-7-9-14/h5-9,12,16,19H,3-4,10-11,13,18H2,1-2H3. The van der Waals surface area contributed by atoms with Crippen LogP contribution in [-0.4, -0.2) is 15.8 Å². The van der Waals surface area contributed by atoms with E-state index in [1.54, 1.807) is 0 Å². The maximum atomic E-state index is 5.74. The molecule has 2 rings (SSSR count). The van der Waals surface area contributed by atoms with E-state index in [0.29, 0.717) is 0 Å². The smallest absolute Gasteiger partial charge is 0.0624 e. The molecule has 0 aliphatic carbocycles. The summed E-state index contributed by atoms with van der Waals surface area (Å²) in [5, 5.41) is 4.60. The lowest BCUT2D eigenvalue weighted by Gasteiger charge is -2.16. The number of rotatable bonds is 8. The minimum atomic E-state index is 0.275. The van der Waals surface area contributed by atoms with Crippen LogP contribution in [0.3, 0.4) is 0 Å². The molecule has 0 aliphatic heterocycles. The molecule has 0 amide bonds. The molecule has 1 heterocycles. The molecule has 21 heavy (non-hydrogen) atoms. The Kier molecular flexibility index (Phi) is 5.96. The van der Waals surface area contributed by atoms with Gasteiger partial charge < -0.3 is 0 Å². The normalized spacial score (nSPS) is 12.5. The van der Waals surface area contributed by atoms with E-state index in [-0.39, 0.29) is 6.04 Å². The van der Waals surface area contributed by atoms with Gasteiger partial charge in [-0.2, -0.15) is 5.10 Å². The largest absolute Gasteiger partial charge is 0.271 e. The molecule has 4 nitrogen and oxygen atoms in total. The van der Waals surface area contributed by atoms with Gasteiger partial charge in [-0.15, -0.1) is 0 Å². The molecule has 0 aliphatic rings. The fraction of sp³-hybridized carbons (Fsp3) is 0.471. The second kappa shape index (κ2) is 7.96. The lowest BCUT2D eigenvalue weighted by Crippen LogP contribution is -2.37. The second-order valence-corrected chi connectivity index (χ2v) is 5.39. The Morgan fingerprint density at radius 3 is 2.62 bits per heavy atom. The number of nitrogens with one attached hydrogen (secondary N) is 1. The summed E-state index contributed by atoms with van der Waals surface area (Å²) in [6.45, 7) is 5.18. The number of hydrogen-bond acceptors (Lipinski definition) is 3. The summed E-state index contributed by atoms with van der Waals surface area (Å²) in [4.78, 5) is 0. The third-order valence-electron chi connectivity index (χ3n) is 3.89. The number of benzene rings is 1. The van der Waals surface area contributed by atoms with Gasteiger partial charge in [0.15, 0.2) is 0 Å². The predicted molar refractivity (Wildman–Crippen MR) is 86.9 cm³/mol. The number of hydrazine groups is 1. The van der Waals surface area contributed by atoms with Gasteiger partial charge in [-0.1, -0.05) is 37.3 Å². The van der Waals surface area contributed by atoms with Gasteiger partial charge in [-0.05, 0) is 37.8 Å². The molecule has 1 atom stereocenters. The van der Waals surface area contributed by atoms with Crippen molar-refractivity contribution in [1.82, 2.24) is 15.2 Å².